The average Bonchev–Trinajstić information content (AvgIpc) is 3.12. The monoisotopic (exact) mass is 379 g/mol. The third-order valence-corrected chi connectivity index (χ3v) is 6.27. The van der Waals surface area contributed by atoms with E-state index in [0.29, 0.717) is 6.04 Å². The van der Waals surface area contributed by atoms with Crippen molar-refractivity contribution in [2.75, 3.05) is 13.1 Å². The van der Waals surface area contributed by atoms with Gasteiger partial charge >= 0.3 is 5.97 Å². The predicted molar refractivity (Wildman–Crippen MR) is 110 cm³/mol. The molecule has 2 aromatic rings. The summed E-state index contributed by atoms with van der Waals surface area (Å²) in [5, 5.41) is 9.24. The van der Waals surface area contributed by atoms with E-state index in [2.05, 4.69) is 60.4 Å². The third-order valence-electron chi connectivity index (χ3n) is 6.27. The van der Waals surface area contributed by atoms with Crippen LogP contribution in [-0.2, 0) is 17.6 Å². The van der Waals surface area contributed by atoms with Crippen LogP contribution in [0.5, 0.6) is 5.75 Å². The Hall–Kier alpha value is -2.33. The van der Waals surface area contributed by atoms with Crippen LogP contribution < -0.4 is 4.74 Å². The number of piperidine rings is 1. The second kappa shape index (κ2) is 8.36. The maximum atomic E-state index is 11.2. The first kappa shape index (κ1) is 19.0. The Morgan fingerprint density at radius 1 is 1.14 bits per heavy atom. The molecular weight excluding hydrogens is 350 g/mol. The normalized spacial score (nSPS) is 21.1. The van der Waals surface area contributed by atoms with Gasteiger partial charge in [-0.05, 0) is 61.5 Å². The molecule has 4 nitrogen and oxygen atoms in total. The van der Waals surface area contributed by atoms with E-state index in [-0.39, 0.29) is 12.0 Å². The molecule has 1 N–H and O–H groups in total. The SMILES string of the molecule is CCC(C1Cc2cc(Cc3ccccc3)ccc2O1)N1CCC(C(=O)O)CC1. The Kier molecular flexibility index (Phi) is 5.67. The van der Waals surface area contributed by atoms with Gasteiger partial charge in [0, 0.05) is 12.5 Å². The number of carbonyl (C=O) groups is 1. The summed E-state index contributed by atoms with van der Waals surface area (Å²) in [5.41, 5.74) is 3.95. The van der Waals surface area contributed by atoms with Crippen LogP contribution in [0.4, 0.5) is 0 Å². The van der Waals surface area contributed by atoms with Crippen molar-refractivity contribution < 1.29 is 14.6 Å². The Morgan fingerprint density at radius 2 is 1.89 bits per heavy atom. The number of carboxylic acid groups (broad SMARTS) is 1. The Balaban J connectivity index is 1.41. The number of benzene rings is 2. The lowest BCUT2D eigenvalue weighted by Gasteiger charge is -2.38. The van der Waals surface area contributed by atoms with Gasteiger partial charge in [-0.15, -0.1) is 0 Å². The number of aliphatic carboxylic acids is 1. The Bertz CT molecular complexity index is 812. The minimum absolute atomic E-state index is 0.161. The van der Waals surface area contributed by atoms with Crippen LogP contribution in [0, 0.1) is 5.92 Å². The Labute approximate surface area is 167 Å². The van der Waals surface area contributed by atoms with Crippen LogP contribution in [0.2, 0.25) is 0 Å². The molecule has 0 amide bonds. The quantitative estimate of drug-likeness (QED) is 0.819. The molecular formula is C24H29NO3. The van der Waals surface area contributed by atoms with Gasteiger partial charge in [0.1, 0.15) is 11.9 Å². The van der Waals surface area contributed by atoms with E-state index in [1.54, 1.807) is 0 Å². The highest BCUT2D eigenvalue weighted by Gasteiger charge is 2.36. The van der Waals surface area contributed by atoms with Crippen molar-refractivity contribution in [3.05, 3.63) is 65.2 Å². The third kappa shape index (κ3) is 4.07. The van der Waals surface area contributed by atoms with Crippen molar-refractivity contribution in [3.8, 4) is 5.75 Å². The van der Waals surface area contributed by atoms with E-state index in [1.165, 1.54) is 16.7 Å². The highest BCUT2D eigenvalue weighted by atomic mass is 16.5. The molecule has 0 aliphatic carbocycles. The molecule has 0 radical (unpaired) electrons. The van der Waals surface area contributed by atoms with Gasteiger partial charge in [-0.3, -0.25) is 9.69 Å². The van der Waals surface area contributed by atoms with E-state index in [9.17, 15) is 9.90 Å². The average molecular weight is 380 g/mol. The highest BCUT2D eigenvalue weighted by Crippen LogP contribution is 2.34. The molecule has 4 rings (SSSR count). The van der Waals surface area contributed by atoms with Crippen molar-refractivity contribution in [1.29, 1.82) is 0 Å². The van der Waals surface area contributed by atoms with E-state index >= 15 is 0 Å². The summed E-state index contributed by atoms with van der Waals surface area (Å²) in [4.78, 5) is 13.7. The van der Waals surface area contributed by atoms with Crippen LogP contribution >= 0.6 is 0 Å². The topological polar surface area (TPSA) is 49.8 Å². The molecule has 28 heavy (non-hydrogen) atoms. The highest BCUT2D eigenvalue weighted by molar-refractivity contribution is 5.70. The molecule has 0 spiro atoms. The van der Waals surface area contributed by atoms with Gasteiger partial charge < -0.3 is 9.84 Å². The minimum atomic E-state index is -0.650. The number of ether oxygens (including phenoxy) is 1. The molecule has 2 unspecified atom stereocenters. The fourth-order valence-corrected chi connectivity index (χ4v) is 4.72. The molecule has 2 aliphatic rings. The zero-order chi connectivity index (χ0) is 19.5. The van der Waals surface area contributed by atoms with Gasteiger partial charge in [-0.25, -0.2) is 0 Å². The summed E-state index contributed by atoms with van der Waals surface area (Å²) in [6.07, 6.45) is 4.55. The van der Waals surface area contributed by atoms with Gasteiger partial charge in [0.25, 0.3) is 0 Å². The lowest BCUT2D eigenvalue weighted by atomic mass is 9.93. The number of hydrogen-bond acceptors (Lipinski definition) is 3. The lowest BCUT2D eigenvalue weighted by Crippen LogP contribution is -2.49. The standard InChI is InChI=1S/C24H29NO3/c1-2-21(25-12-10-19(11-13-25)24(26)27)23-16-20-15-18(8-9-22(20)28-23)14-17-6-4-3-5-7-17/h3-9,15,19,21,23H,2,10-14,16H2,1H3,(H,26,27). The van der Waals surface area contributed by atoms with Gasteiger partial charge in [-0.2, -0.15) is 0 Å². The maximum Gasteiger partial charge on any atom is 0.306 e. The van der Waals surface area contributed by atoms with Crippen molar-refractivity contribution in [1.82, 2.24) is 4.90 Å². The van der Waals surface area contributed by atoms with Crippen molar-refractivity contribution >= 4 is 5.97 Å². The summed E-state index contributed by atoms with van der Waals surface area (Å²) in [6.45, 7) is 3.91. The number of fused-ring (bicyclic) bond motifs is 1. The first-order valence-corrected chi connectivity index (χ1v) is 10.4. The second-order valence-electron chi connectivity index (χ2n) is 8.09. The zero-order valence-electron chi connectivity index (χ0n) is 16.5. The molecule has 148 valence electrons. The smallest absolute Gasteiger partial charge is 0.306 e. The summed E-state index contributed by atoms with van der Waals surface area (Å²) in [7, 11) is 0. The van der Waals surface area contributed by atoms with Crippen LogP contribution in [0.1, 0.15) is 42.9 Å². The fraction of sp³-hybridized carbons (Fsp3) is 0.458. The number of hydrogen-bond donors (Lipinski definition) is 1. The predicted octanol–water partition coefficient (Wildman–Crippen LogP) is 4.16. The number of likely N-dealkylation sites (tertiary alicyclic amines) is 1. The molecule has 1 fully saturated rings. The number of carboxylic acids is 1. The number of nitrogens with zero attached hydrogens (tertiary/aromatic N) is 1. The molecule has 1 saturated heterocycles. The van der Waals surface area contributed by atoms with E-state index in [4.69, 9.17) is 4.74 Å². The summed E-state index contributed by atoms with van der Waals surface area (Å²) in [5.74, 6) is 0.180. The van der Waals surface area contributed by atoms with Crippen LogP contribution in [0.25, 0.3) is 0 Å². The van der Waals surface area contributed by atoms with E-state index < -0.39 is 5.97 Å². The summed E-state index contributed by atoms with van der Waals surface area (Å²) < 4.78 is 6.33. The summed E-state index contributed by atoms with van der Waals surface area (Å²) in [6, 6.07) is 17.5. The first-order chi connectivity index (χ1) is 13.6. The van der Waals surface area contributed by atoms with E-state index in [1.807, 2.05) is 0 Å². The Morgan fingerprint density at radius 3 is 2.57 bits per heavy atom. The van der Waals surface area contributed by atoms with Crippen LogP contribution in [0.15, 0.2) is 48.5 Å². The largest absolute Gasteiger partial charge is 0.488 e. The molecule has 0 saturated carbocycles. The van der Waals surface area contributed by atoms with Crippen LogP contribution in [-0.4, -0.2) is 41.2 Å². The lowest BCUT2D eigenvalue weighted by molar-refractivity contribution is -0.143. The van der Waals surface area contributed by atoms with Crippen LogP contribution in [0.3, 0.4) is 0 Å². The zero-order valence-corrected chi connectivity index (χ0v) is 16.5. The molecule has 2 atom stereocenters. The van der Waals surface area contributed by atoms with Gasteiger partial charge in [-0.1, -0.05) is 49.4 Å². The molecule has 0 aromatic heterocycles. The molecule has 2 heterocycles. The summed E-state index contributed by atoms with van der Waals surface area (Å²) >= 11 is 0. The minimum Gasteiger partial charge on any atom is -0.488 e. The molecule has 2 aliphatic heterocycles. The molecule has 0 bridgehead atoms. The first-order valence-electron chi connectivity index (χ1n) is 10.4. The van der Waals surface area contributed by atoms with Gasteiger partial charge in [0.05, 0.1) is 5.92 Å². The molecule has 4 heteroatoms. The fourth-order valence-electron chi connectivity index (χ4n) is 4.72. The van der Waals surface area contributed by atoms with E-state index in [0.717, 1.165) is 50.9 Å². The van der Waals surface area contributed by atoms with Crippen molar-refractivity contribution in [2.45, 2.75) is 51.2 Å². The number of rotatable bonds is 6. The van der Waals surface area contributed by atoms with Gasteiger partial charge in [0.2, 0.25) is 0 Å². The van der Waals surface area contributed by atoms with Gasteiger partial charge in [0.15, 0.2) is 0 Å². The second-order valence-corrected chi connectivity index (χ2v) is 8.09. The maximum absolute atomic E-state index is 11.2. The van der Waals surface area contributed by atoms with Crippen molar-refractivity contribution in [2.24, 2.45) is 5.92 Å². The van der Waals surface area contributed by atoms with Crippen molar-refractivity contribution in [3.63, 3.8) is 0 Å². The molecule has 2 aromatic carbocycles.